The summed E-state index contributed by atoms with van der Waals surface area (Å²) in [5.74, 6) is -1.22. The molecule has 0 fully saturated rings. The minimum Gasteiger partial charge on any atom is -0.503 e. The SMILES string of the molecule is Cc1ccc(CCCNC(=O)C2=C(O)C(=O)N(CCCNC(C)C)C2)cc1C. The molecule has 0 saturated carbocycles. The molecule has 0 bridgehead atoms. The van der Waals surface area contributed by atoms with Crippen molar-refractivity contribution in [2.75, 3.05) is 26.2 Å². The van der Waals surface area contributed by atoms with Gasteiger partial charge >= 0.3 is 0 Å². The van der Waals surface area contributed by atoms with E-state index in [2.05, 4.69) is 56.5 Å². The Labute approximate surface area is 168 Å². The lowest BCUT2D eigenvalue weighted by atomic mass is 10.0. The maximum Gasteiger partial charge on any atom is 0.289 e. The van der Waals surface area contributed by atoms with Gasteiger partial charge in [0.05, 0.1) is 12.1 Å². The second-order valence-electron chi connectivity index (χ2n) is 7.79. The number of hydrogen-bond donors (Lipinski definition) is 3. The fourth-order valence-corrected chi connectivity index (χ4v) is 3.20. The first-order chi connectivity index (χ1) is 13.3. The van der Waals surface area contributed by atoms with E-state index in [0.29, 0.717) is 19.1 Å². The number of benzene rings is 1. The number of carbonyl (C=O) groups excluding carboxylic acids is 2. The predicted octanol–water partition coefficient (Wildman–Crippen LogP) is 2.39. The van der Waals surface area contributed by atoms with E-state index in [4.69, 9.17) is 0 Å². The van der Waals surface area contributed by atoms with Crippen molar-refractivity contribution in [2.24, 2.45) is 0 Å². The molecule has 6 nitrogen and oxygen atoms in total. The van der Waals surface area contributed by atoms with Gasteiger partial charge in [0.2, 0.25) is 0 Å². The van der Waals surface area contributed by atoms with Crippen LogP contribution in [0.4, 0.5) is 0 Å². The van der Waals surface area contributed by atoms with Gasteiger partial charge in [-0.1, -0.05) is 32.0 Å². The topological polar surface area (TPSA) is 81.7 Å². The summed E-state index contributed by atoms with van der Waals surface area (Å²) in [5, 5.41) is 16.2. The molecule has 1 aliphatic heterocycles. The zero-order valence-corrected chi connectivity index (χ0v) is 17.5. The van der Waals surface area contributed by atoms with E-state index >= 15 is 0 Å². The number of rotatable bonds is 10. The van der Waals surface area contributed by atoms with E-state index in [1.807, 2.05) is 0 Å². The molecule has 1 aliphatic rings. The number of carbonyl (C=O) groups is 2. The van der Waals surface area contributed by atoms with E-state index in [0.717, 1.165) is 25.8 Å². The Hall–Kier alpha value is -2.34. The third-order valence-corrected chi connectivity index (χ3v) is 5.06. The Morgan fingerprint density at radius 3 is 2.61 bits per heavy atom. The molecule has 0 spiro atoms. The molecule has 0 unspecified atom stereocenters. The van der Waals surface area contributed by atoms with Crippen LogP contribution < -0.4 is 10.6 Å². The lowest BCUT2D eigenvalue weighted by Crippen LogP contribution is -2.33. The highest BCUT2D eigenvalue weighted by atomic mass is 16.3. The van der Waals surface area contributed by atoms with Crippen molar-refractivity contribution < 1.29 is 14.7 Å². The fraction of sp³-hybridized carbons (Fsp3) is 0.545. The van der Waals surface area contributed by atoms with Crippen molar-refractivity contribution in [1.82, 2.24) is 15.5 Å². The zero-order valence-electron chi connectivity index (χ0n) is 17.5. The monoisotopic (exact) mass is 387 g/mol. The van der Waals surface area contributed by atoms with Gasteiger partial charge in [0.15, 0.2) is 5.76 Å². The summed E-state index contributed by atoms with van der Waals surface area (Å²) in [4.78, 5) is 26.0. The Morgan fingerprint density at radius 2 is 1.93 bits per heavy atom. The molecule has 0 radical (unpaired) electrons. The summed E-state index contributed by atoms with van der Waals surface area (Å²) in [6.07, 6.45) is 2.46. The minimum atomic E-state index is -0.454. The Morgan fingerprint density at radius 1 is 1.18 bits per heavy atom. The molecular formula is C22H33N3O3. The number of aryl methyl sites for hydroxylation is 3. The highest BCUT2D eigenvalue weighted by molar-refractivity contribution is 6.06. The number of aliphatic hydroxyl groups excluding tert-OH is 1. The Balaban J connectivity index is 1.75. The Bertz CT molecular complexity index is 741. The molecule has 1 heterocycles. The van der Waals surface area contributed by atoms with Gasteiger partial charge in [0, 0.05) is 19.1 Å². The minimum absolute atomic E-state index is 0.174. The van der Waals surface area contributed by atoms with Gasteiger partial charge in [0.25, 0.3) is 11.8 Å². The molecule has 6 heteroatoms. The van der Waals surface area contributed by atoms with E-state index in [1.165, 1.54) is 21.6 Å². The second kappa shape index (κ2) is 10.3. The summed E-state index contributed by atoms with van der Waals surface area (Å²) in [5.41, 5.74) is 3.96. The predicted molar refractivity (Wildman–Crippen MR) is 111 cm³/mol. The van der Waals surface area contributed by atoms with Crippen LogP contribution in [0.25, 0.3) is 0 Å². The largest absolute Gasteiger partial charge is 0.503 e. The first-order valence-electron chi connectivity index (χ1n) is 10.1. The quantitative estimate of drug-likeness (QED) is 0.539. The van der Waals surface area contributed by atoms with E-state index in [1.54, 1.807) is 0 Å². The second-order valence-corrected chi connectivity index (χ2v) is 7.79. The summed E-state index contributed by atoms with van der Waals surface area (Å²) < 4.78 is 0. The maximum absolute atomic E-state index is 12.4. The van der Waals surface area contributed by atoms with Gasteiger partial charge in [0.1, 0.15) is 0 Å². The van der Waals surface area contributed by atoms with Crippen LogP contribution in [0.5, 0.6) is 0 Å². The van der Waals surface area contributed by atoms with Crippen LogP contribution in [0.3, 0.4) is 0 Å². The van der Waals surface area contributed by atoms with Gasteiger partial charge in [-0.3, -0.25) is 9.59 Å². The van der Waals surface area contributed by atoms with Gasteiger partial charge in [-0.25, -0.2) is 0 Å². The number of aliphatic hydroxyl groups is 1. The highest BCUT2D eigenvalue weighted by Crippen LogP contribution is 2.17. The fourth-order valence-electron chi connectivity index (χ4n) is 3.20. The van der Waals surface area contributed by atoms with Crippen molar-refractivity contribution in [1.29, 1.82) is 0 Å². The molecule has 2 rings (SSSR count). The normalized spacial score (nSPS) is 14.3. The van der Waals surface area contributed by atoms with Gasteiger partial charge in [-0.15, -0.1) is 0 Å². The number of amides is 2. The van der Waals surface area contributed by atoms with E-state index in [9.17, 15) is 14.7 Å². The smallest absolute Gasteiger partial charge is 0.289 e. The first-order valence-corrected chi connectivity index (χ1v) is 10.1. The highest BCUT2D eigenvalue weighted by Gasteiger charge is 2.33. The molecule has 0 aromatic heterocycles. The Kier molecular flexibility index (Phi) is 8.05. The molecule has 0 atom stereocenters. The molecule has 1 aromatic carbocycles. The summed E-state index contributed by atoms with van der Waals surface area (Å²) in [6.45, 7) is 10.3. The summed E-state index contributed by atoms with van der Waals surface area (Å²) >= 11 is 0. The molecule has 1 aromatic rings. The van der Waals surface area contributed by atoms with Crippen LogP contribution in [0.2, 0.25) is 0 Å². The van der Waals surface area contributed by atoms with Crippen molar-refractivity contribution in [3.8, 4) is 0 Å². The molecular weight excluding hydrogens is 354 g/mol. The lowest BCUT2D eigenvalue weighted by Gasteiger charge is -2.16. The average Bonchev–Trinajstić information content (AvgIpc) is 2.93. The van der Waals surface area contributed by atoms with Crippen LogP contribution in [0, 0.1) is 13.8 Å². The molecule has 0 saturated heterocycles. The standard InChI is InChI=1S/C22H33N3O3/c1-15(2)23-11-6-12-25-14-19(20(26)22(25)28)21(27)24-10-5-7-18-9-8-16(3)17(4)13-18/h8-9,13,15,23,26H,5-7,10-12,14H2,1-4H3,(H,24,27). The van der Waals surface area contributed by atoms with Gasteiger partial charge in [-0.2, -0.15) is 0 Å². The van der Waals surface area contributed by atoms with Crippen LogP contribution in [-0.2, 0) is 16.0 Å². The van der Waals surface area contributed by atoms with E-state index < -0.39 is 11.7 Å². The van der Waals surface area contributed by atoms with Crippen molar-refractivity contribution in [2.45, 2.75) is 53.0 Å². The third-order valence-electron chi connectivity index (χ3n) is 5.06. The first kappa shape index (κ1) is 22.0. The van der Waals surface area contributed by atoms with E-state index in [-0.39, 0.29) is 18.0 Å². The van der Waals surface area contributed by atoms with Crippen molar-refractivity contribution in [3.63, 3.8) is 0 Å². The molecule has 154 valence electrons. The molecule has 28 heavy (non-hydrogen) atoms. The van der Waals surface area contributed by atoms with Crippen molar-refractivity contribution in [3.05, 3.63) is 46.2 Å². The van der Waals surface area contributed by atoms with Crippen LogP contribution in [0.15, 0.2) is 29.5 Å². The van der Waals surface area contributed by atoms with Crippen LogP contribution >= 0.6 is 0 Å². The maximum atomic E-state index is 12.4. The number of nitrogens with one attached hydrogen (secondary N) is 2. The summed E-state index contributed by atoms with van der Waals surface area (Å²) in [6, 6.07) is 6.79. The van der Waals surface area contributed by atoms with Crippen molar-refractivity contribution >= 4 is 11.8 Å². The average molecular weight is 388 g/mol. The number of hydrogen-bond acceptors (Lipinski definition) is 4. The molecule has 0 aliphatic carbocycles. The zero-order chi connectivity index (χ0) is 20.7. The number of nitrogens with zero attached hydrogens (tertiary/aromatic N) is 1. The molecule has 2 amide bonds. The lowest BCUT2D eigenvalue weighted by molar-refractivity contribution is -0.127. The molecule has 3 N–H and O–H groups in total. The van der Waals surface area contributed by atoms with Crippen LogP contribution in [0.1, 0.15) is 43.4 Å². The van der Waals surface area contributed by atoms with Gasteiger partial charge < -0.3 is 20.6 Å². The van der Waals surface area contributed by atoms with Gasteiger partial charge in [-0.05, 0) is 56.3 Å². The third kappa shape index (κ3) is 6.09. The van der Waals surface area contributed by atoms with Crippen LogP contribution in [-0.4, -0.2) is 54.0 Å². The summed E-state index contributed by atoms with van der Waals surface area (Å²) in [7, 11) is 0.